The molecule has 29 heavy (non-hydrogen) atoms. The van der Waals surface area contributed by atoms with Gasteiger partial charge in [0.1, 0.15) is 0 Å². The predicted octanol–water partition coefficient (Wildman–Crippen LogP) is 5.46. The summed E-state index contributed by atoms with van der Waals surface area (Å²) in [4.78, 5) is 24.5. The van der Waals surface area contributed by atoms with Gasteiger partial charge in [0.25, 0.3) is 0 Å². The standard InChI is InChI=1S/C23H19Cl2NO3/c24-19-12-11-17(13-20(19)25)18(15-7-3-1-4-8-15)14-21(27)26-22(23(28)29)16-9-5-2-6-10-16/h1-13,18,22H,14H2,(H,26,27)(H,28,29)/t18?,22-/m0/s1. The molecular weight excluding hydrogens is 409 g/mol. The molecule has 6 heteroatoms. The van der Waals surface area contributed by atoms with Crippen molar-refractivity contribution in [1.82, 2.24) is 5.32 Å². The summed E-state index contributed by atoms with van der Waals surface area (Å²) >= 11 is 12.2. The van der Waals surface area contributed by atoms with Crippen molar-refractivity contribution in [2.75, 3.05) is 0 Å². The molecule has 0 bridgehead atoms. The maximum Gasteiger partial charge on any atom is 0.330 e. The number of carbonyl (C=O) groups is 2. The molecule has 0 fully saturated rings. The Bertz CT molecular complexity index is 994. The first kappa shape index (κ1) is 20.9. The second-order valence-corrected chi connectivity index (χ2v) is 7.40. The Morgan fingerprint density at radius 1 is 0.793 bits per heavy atom. The van der Waals surface area contributed by atoms with E-state index in [0.29, 0.717) is 15.6 Å². The van der Waals surface area contributed by atoms with Gasteiger partial charge in [-0.15, -0.1) is 0 Å². The number of carboxylic acid groups (broad SMARTS) is 1. The second kappa shape index (κ2) is 9.59. The normalized spacial score (nSPS) is 12.8. The van der Waals surface area contributed by atoms with Crippen molar-refractivity contribution < 1.29 is 14.7 Å². The topological polar surface area (TPSA) is 66.4 Å². The lowest BCUT2D eigenvalue weighted by Gasteiger charge is -2.20. The molecular formula is C23H19Cl2NO3. The smallest absolute Gasteiger partial charge is 0.330 e. The number of aliphatic carboxylic acids is 1. The summed E-state index contributed by atoms with van der Waals surface area (Å²) in [5, 5.41) is 13.0. The van der Waals surface area contributed by atoms with Gasteiger partial charge in [0, 0.05) is 12.3 Å². The molecule has 148 valence electrons. The fraction of sp³-hybridized carbons (Fsp3) is 0.130. The van der Waals surface area contributed by atoms with Crippen LogP contribution in [0.1, 0.15) is 35.1 Å². The predicted molar refractivity (Wildman–Crippen MR) is 114 cm³/mol. The molecule has 0 aromatic heterocycles. The summed E-state index contributed by atoms with van der Waals surface area (Å²) in [6.45, 7) is 0. The first-order valence-electron chi connectivity index (χ1n) is 9.02. The Morgan fingerprint density at radius 2 is 1.38 bits per heavy atom. The van der Waals surface area contributed by atoms with Crippen LogP contribution in [0, 0.1) is 0 Å². The van der Waals surface area contributed by atoms with Gasteiger partial charge >= 0.3 is 5.97 Å². The average Bonchev–Trinajstić information content (AvgIpc) is 2.73. The van der Waals surface area contributed by atoms with E-state index in [0.717, 1.165) is 11.1 Å². The second-order valence-electron chi connectivity index (χ2n) is 6.59. The minimum Gasteiger partial charge on any atom is -0.479 e. The highest BCUT2D eigenvalue weighted by Crippen LogP contribution is 2.32. The molecule has 0 aliphatic carbocycles. The van der Waals surface area contributed by atoms with Gasteiger partial charge in [-0.1, -0.05) is 89.9 Å². The van der Waals surface area contributed by atoms with Crippen molar-refractivity contribution >= 4 is 35.1 Å². The number of rotatable bonds is 7. The van der Waals surface area contributed by atoms with Crippen molar-refractivity contribution in [3.05, 3.63) is 106 Å². The number of hydrogen-bond donors (Lipinski definition) is 2. The molecule has 2 atom stereocenters. The molecule has 0 saturated heterocycles. The summed E-state index contributed by atoms with van der Waals surface area (Å²) in [6, 6.07) is 22.3. The molecule has 0 aliphatic rings. The Balaban J connectivity index is 1.86. The van der Waals surface area contributed by atoms with Gasteiger partial charge in [-0.05, 0) is 28.8 Å². The van der Waals surface area contributed by atoms with Crippen LogP contribution in [0.2, 0.25) is 10.0 Å². The highest BCUT2D eigenvalue weighted by atomic mass is 35.5. The minimum atomic E-state index is -1.12. The number of carboxylic acids is 1. The summed E-state index contributed by atoms with van der Waals surface area (Å²) in [7, 11) is 0. The Hall–Kier alpha value is -2.82. The fourth-order valence-corrected chi connectivity index (χ4v) is 3.49. The number of halogens is 2. The lowest BCUT2D eigenvalue weighted by molar-refractivity contribution is -0.142. The van der Waals surface area contributed by atoms with E-state index in [1.807, 2.05) is 36.4 Å². The van der Waals surface area contributed by atoms with Crippen LogP contribution in [0.5, 0.6) is 0 Å². The highest BCUT2D eigenvalue weighted by molar-refractivity contribution is 6.42. The van der Waals surface area contributed by atoms with E-state index in [1.54, 1.807) is 42.5 Å². The summed E-state index contributed by atoms with van der Waals surface area (Å²) in [5.74, 6) is -1.78. The zero-order chi connectivity index (χ0) is 20.8. The van der Waals surface area contributed by atoms with E-state index in [1.165, 1.54) is 0 Å². The number of hydrogen-bond acceptors (Lipinski definition) is 2. The van der Waals surface area contributed by atoms with Gasteiger partial charge in [-0.2, -0.15) is 0 Å². The van der Waals surface area contributed by atoms with Gasteiger partial charge in [0.15, 0.2) is 6.04 Å². The van der Waals surface area contributed by atoms with Crippen LogP contribution in [0.15, 0.2) is 78.9 Å². The van der Waals surface area contributed by atoms with Crippen LogP contribution >= 0.6 is 23.2 Å². The molecule has 4 nitrogen and oxygen atoms in total. The molecule has 1 amide bonds. The first-order chi connectivity index (χ1) is 14.0. The molecule has 0 heterocycles. The number of nitrogens with one attached hydrogen (secondary N) is 1. The first-order valence-corrected chi connectivity index (χ1v) is 9.78. The Kier molecular flexibility index (Phi) is 6.91. The third kappa shape index (κ3) is 5.37. The Labute approximate surface area is 179 Å². The van der Waals surface area contributed by atoms with Gasteiger partial charge < -0.3 is 10.4 Å². The van der Waals surface area contributed by atoms with E-state index in [-0.39, 0.29) is 18.2 Å². The largest absolute Gasteiger partial charge is 0.479 e. The van der Waals surface area contributed by atoms with E-state index < -0.39 is 12.0 Å². The molecule has 2 N–H and O–H groups in total. The van der Waals surface area contributed by atoms with Crippen LogP contribution in [-0.2, 0) is 9.59 Å². The van der Waals surface area contributed by atoms with Crippen molar-refractivity contribution in [3.63, 3.8) is 0 Å². The average molecular weight is 428 g/mol. The number of amides is 1. The van der Waals surface area contributed by atoms with Crippen LogP contribution in [0.25, 0.3) is 0 Å². The van der Waals surface area contributed by atoms with Gasteiger partial charge in [0.05, 0.1) is 10.0 Å². The van der Waals surface area contributed by atoms with Crippen molar-refractivity contribution in [2.45, 2.75) is 18.4 Å². The third-order valence-electron chi connectivity index (χ3n) is 4.62. The zero-order valence-electron chi connectivity index (χ0n) is 15.4. The molecule has 3 rings (SSSR count). The van der Waals surface area contributed by atoms with E-state index in [9.17, 15) is 14.7 Å². The lowest BCUT2D eigenvalue weighted by Crippen LogP contribution is -2.34. The summed E-state index contributed by atoms with van der Waals surface area (Å²) in [5.41, 5.74) is 2.26. The minimum absolute atomic E-state index is 0.0680. The van der Waals surface area contributed by atoms with E-state index in [4.69, 9.17) is 23.2 Å². The molecule has 0 saturated carbocycles. The highest BCUT2D eigenvalue weighted by Gasteiger charge is 2.25. The molecule has 0 radical (unpaired) electrons. The van der Waals surface area contributed by atoms with Crippen LogP contribution in [-0.4, -0.2) is 17.0 Å². The van der Waals surface area contributed by atoms with Gasteiger partial charge in [-0.25, -0.2) is 4.79 Å². The molecule has 0 aliphatic heterocycles. The number of carbonyl (C=O) groups excluding carboxylic acids is 1. The van der Waals surface area contributed by atoms with Crippen molar-refractivity contribution in [2.24, 2.45) is 0 Å². The molecule has 3 aromatic carbocycles. The molecule has 3 aromatic rings. The quantitative estimate of drug-likeness (QED) is 0.526. The van der Waals surface area contributed by atoms with Crippen molar-refractivity contribution in [1.29, 1.82) is 0 Å². The summed E-state index contributed by atoms with van der Waals surface area (Å²) in [6.07, 6.45) is 0.0680. The van der Waals surface area contributed by atoms with Gasteiger partial charge in [-0.3, -0.25) is 4.79 Å². The number of benzene rings is 3. The van der Waals surface area contributed by atoms with Gasteiger partial charge in [0.2, 0.25) is 5.91 Å². The van der Waals surface area contributed by atoms with E-state index in [2.05, 4.69) is 5.32 Å². The van der Waals surface area contributed by atoms with E-state index >= 15 is 0 Å². The maximum absolute atomic E-state index is 12.8. The fourth-order valence-electron chi connectivity index (χ4n) is 3.18. The zero-order valence-corrected chi connectivity index (χ0v) is 16.9. The summed E-state index contributed by atoms with van der Waals surface area (Å²) < 4.78 is 0. The maximum atomic E-state index is 12.8. The van der Waals surface area contributed by atoms with Crippen LogP contribution < -0.4 is 5.32 Å². The molecule has 0 spiro atoms. The monoisotopic (exact) mass is 427 g/mol. The lowest BCUT2D eigenvalue weighted by atomic mass is 9.88. The van der Waals surface area contributed by atoms with Crippen LogP contribution in [0.4, 0.5) is 0 Å². The van der Waals surface area contributed by atoms with Crippen LogP contribution in [0.3, 0.4) is 0 Å². The molecule has 1 unspecified atom stereocenters. The third-order valence-corrected chi connectivity index (χ3v) is 5.36. The Morgan fingerprint density at radius 3 is 1.93 bits per heavy atom. The SMILES string of the molecule is O=C(CC(c1ccccc1)c1ccc(Cl)c(Cl)c1)N[C@H](C(=O)O)c1ccccc1. The van der Waals surface area contributed by atoms with Crippen molar-refractivity contribution in [3.8, 4) is 0 Å².